The van der Waals surface area contributed by atoms with Gasteiger partial charge in [-0.05, 0) is 12.1 Å². The molecular formula is C13H19ClN4O3S. The Morgan fingerprint density at radius 2 is 2.14 bits per heavy atom. The number of aryl methyl sites for hydroxylation is 2. The topological polar surface area (TPSA) is 101 Å². The SMILES string of the molecule is C[n+]1ccn(CCCS(=O)(=O)Nc2c(N)cccc2O)c1.[Cl-]. The van der Waals surface area contributed by atoms with E-state index in [2.05, 4.69) is 4.72 Å². The lowest BCUT2D eigenvalue weighted by molar-refractivity contribution is -0.671. The molecule has 0 fully saturated rings. The Kier molecular flexibility index (Phi) is 6.07. The zero-order valence-corrected chi connectivity index (χ0v) is 13.7. The first-order valence-electron chi connectivity index (χ1n) is 6.46. The van der Waals surface area contributed by atoms with Gasteiger partial charge in [-0.2, -0.15) is 0 Å². The molecule has 0 aliphatic heterocycles. The molecular weight excluding hydrogens is 328 g/mol. The molecule has 0 aliphatic rings. The lowest BCUT2D eigenvalue weighted by Gasteiger charge is -2.11. The van der Waals surface area contributed by atoms with Gasteiger partial charge in [0.05, 0.1) is 25.0 Å². The first kappa shape index (κ1) is 18.1. The van der Waals surface area contributed by atoms with Crippen LogP contribution in [-0.2, 0) is 23.6 Å². The fourth-order valence-electron chi connectivity index (χ4n) is 1.95. The van der Waals surface area contributed by atoms with E-state index in [1.165, 1.54) is 12.1 Å². The first-order valence-corrected chi connectivity index (χ1v) is 8.11. The number of nitrogens with one attached hydrogen (secondary N) is 1. The number of aromatic nitrogens is 2. The second-order valence-corrected chi connectivity index (χ2v) is 6.67. The minimum absolute atomic E-state index is 0. The first-order chi connectivity index (χ1) is 9.87. The zero-order valence-electron chi connectivity index (χ0n) is 12.1. The number of hydrogen-bond acceptors (Lipinski definition) is 4. The molecule has 1 aromatic carbocycles. The van der Waals surface area contributed by atoms with Crippen LogP contribution < -0.4 is 27.4 Å². The maximum absolute atomic E-state index is 12.0. The van der Waals surface area contributed by atoms with E-state index in [0.29, 0.717) is 13.0 Å². The number of benzene rings is 1. The van der Waals surface area contributed by atoms with Gasteiger partial charge in [-0.3, -0.25) is 4.72 Å². The molecule has 0 spiro atoms. The average Bonchev–Trinajstić information content (AvgIpc) is 2.80. The molecule has 0 amide bonds. The molecule has 4 N–H and O–H groups in total. The van der Waals surface area contributed by atoms with Gasteiger partial charge in [0.25, 0.3) is 0 Å². The Morgan fingerprint density at radius 3 is 2.73 bits per heavy atom. The number of hydrogen-bond donors (Lipinski definition) is 3. The molecule has 122 valence electrons. The summed E-state index contributed by atoms with van der Waals surface area (Å²) >= 11 is 0. The average molecular weight is 347 g/mol. The van der Waals surface area contributed by atoms with Gasteiger partial charge < -0.3 is 23.2 Å². The van der Waals surface area contributed by atoms with Gasteiger partial charge in [0.15, 0.2) is 0 Å². The van der Waals surface area contributed by atoms with Gasteiger partial charge in [0.1, 0.15) is 23.8 Å². The van der Waals surface area contributed by atoms with E-state index in [9.17, 15) is 13.5 Å². The van der Waals surface area contributed by atoms with E-state index < -0.39 is 10.0 Å². The number of aromatic hydroxyl groups is 1. The molecule has 22 heavy (non-hydrogen) atoms. The Morgan fingerprint density at radius 1 is 1.41 bits per heavy atom. The highest BCUT2D eigenvalue weighted by atomic mass is 35.5. The maximum Gasteiger partial charge on any atom is 0.243 e. The van der Waals surface area contributed by atoms with Crippen molar-refractivity contribution in [3.8, 4) is 5.75 Å². The highest BCUT2D eigenvalue weighted by Gasteiger charge is 2.15. The van der Waals surface area contributed by atoms with E-state index in [-0.39, 0.29) is 35.3 Å². The van der Waals surface area contributed by atoms with Crippen LogP contribution in [0.2, 0.25) is 0 Å². The Balaban J connectivity index is 0.00000242. The molecule has 7 nitrogen and oxygen atoms in total. The molecule has 9 heteroatoms. The molecule has 0 bridgehead atoms. The van der Waals surface area contributed by atoms with E-state index in [1.54, 1.807) is 6.07 Å². The number of anilines is 2. The number of phenols is 1. The largest absolute Gasteiger partial charge is 1.00 e. The minimum atomic E-state index is -3.55. The quantitative estimate of drug-likeness (QED) is 0.304. The summed E-state index contributed by atoms with van der Waals surface area (Å²) in [7, 11) is -1.65. The van der Waals surface area contributed by atoms with Gasteiger partial charge in [-0.25, -0.2) is 17.6 Å². The van der Waals surface area contributed by atoms with Crippen LogP contribution in [0, 0.1) is 0 Å². The number of halogens is 1. The molecule has 1 aromatic heterocycles. The summed E-state index contributed by atoms with van der Waals surface area (Å²) in [5, 5.41) is 9.65. The summed E-state index contributed by atoms with van der Waals surface area (Å²) < 4.78 is 30.1. The minimum Gasteiger partial charge on any atom is -1.00 e. The highest BCUT2D eigenvalue weighted by molar-refractivity contribution is 7.92. The van der Waals surface area contributed by atoms with Crippen LogP contribution in [0.1, 0.15) is 6.42 Å². The van der Waals surface area contributed by atoms with Gasteiger partial charge in [-0.15, -0.1) is 0 Å². The smallest absolute Gasteiger partial charge is 0.243 e. The summed E-state index contributed by atoms with van der Waals surface area (Å²) in [5.41, 5.74) is 5.88. The lowest BCUT2D eigenvalue weighted by Crippen LogP contribution is -3.00. The second kappa shape index (κ2) is 7.37. The van der Waals surface area contributed by atoms with E-state index in [0.717, 1.165) is 0 Å². The standard InChI is InChI=1S/C13H18N4O3S.ClH/c1-16-7-8-17(10-16)6-3-9-21(19,20)15-13-11(14)4-2-5-12(13)18;/h2,4-5,7-8,10,15H,3,6,9,14H2,1H3;1H. The molecule has 0 radical (unpaired) electrons. The van der Waals surface area contributed by atoms with Gasteiger partial charge in [0, 0.05) is 6.42 Å². The number of rotatable bonds is 6. The van der Waals surface area contributed by atoms with Crippen LogP contribution in [0.4, 0.5) is 11.4 Å². The fourth-order valence-corrected chi connectivity index (χ4v) is 3.09. The van der Waals surface area contributed by atoms with Crippen LogP contribution in [0.5, 0.6) is 5.75 Å². The van der Waals surface area contributed by atoms with Gasteiger partial charge in [0.2, 0.25) is 16.4 Å². The summed E-state index contributed by atoms with van der Waals surface area (Å²) in [4.78, 5) is 0. The molecule has 0 aliphatic carbocycles. The number of nitrogens with two attached hydrogens (primary N) is 1. The number of nitrogens with zero attached hydrogens (tertiary/aromatic N) is 2. The van der Waals surface area contributed by atoms with Gasteiger partial charge in [-0.1, -0.05) is 6.07 Å². The Bertz CT molecular complexity index is 710. The lowest BCUT2D eigenvalue weighted by atomic mass is 10.2. The molecule has 2 rings (SSSR count). The van der Waals surface area contributed by atoms with Crippen LogP contribution in [0.15, 0.2) is 36.9 Å². The second-order valence-electron chi connectivity index (χ2n) is 4.83. The fraction of sp³-hybridized carbons (Fsp3) is 0.308. The van der Waals surface area contributed by atoms with Crippen LogP contribution in [-0.4, -0.2) is 23.8 Å². The van der Waals surface area contributed by atoms with Crippen molar-refractivity contribution in [2.24, 2.45) is 7.05 Å². The van der Waals surface area contributed by atoms with Crippen LogP contribution in [0.3, 0.4) is 0 Å². The van der Waals surface area contributed by atoms with Crippen LogP contribution >= 0.6 is 0 Å². The summed E-state index contributed by atoms with van der Waals surface area (Å²) in [6.07, 6.45) is 6.09. The van der Waals surface area contributed by atoms with Gasteiger partial charge >= 0.3 is 0 Å². The zero-order chi connectivity index (χ0) is 15.5. The Hall–Kier alpha value is -1.93. The number of nitrogen functional groups attached to an aromatic ring is 1. The molecule has 1 heterocycles. The number of imidazole rings is 1. The molecule has 2 aromatic rings. The van der Waals surface area contributed by atoms with Crippen molar-refractivity contribution in [1.82, 2.24) is 4.57 Å². The van der Waals surface area contributed by atoms with E-state index >= 15 is 0 Å². The molecule has 0 saturated carbocycles. The van der Waals surface area contributed by atoms with Crippen molar-refractivity contribution < 1.29 is 30.5 Å². The van der Waals surface area contributed by atoms with Crippen LogP contribution in [0.25, 0.3) is 0 Å². The molecule has 0 atom stereocenters. The van der Waals surface area contributed by atoms with Crippen molar-refractivity contribution >= 4 is 21.4 Å². The number of sulfonamides is 1. The third-order valence-corrected chi connectivity index (χ3v) is 4.33. The van der Waals surface area contributed by atoms with Crippen molar-refractivity contribution in [3.05, 3.63) is 36.9 Å². The third kappa shape index (κ3) is 4.81. The monoisotopic (exact) mass is 346 g/mol. The number of para-hydroxylation sites is 1. The molecule has 0 saturated heterocycles. The normalized spacial score (nSPS) is 11.0. The predicted octanol–water partition coefficient (Wildman–Crippen LogP) is -2.56. The Labute approximate surface area is 135 Å². The molecule has 0 unspecified atom stereocenters. The summed E-state index contributed by atoms with van der Waals surface area (Å²) in [5.74, 6) is -0.237. The van der Waals surface area contributed by atoms with E-state index in [4.69, 9.17) is 5.73 Å². The van der Waals surface area contributed by atoms with E-state index in [1.807, 2.05) is 34.9 Å². The van der Waals surface area contributed by atoms with Crippen molar-refractivity contribution in [3.63, 3.8) is 0 Å². The predicted molar refractivity (Wildman–Crippen MR) is 80.2 cm³/mol. The number of phenolic OH excluding ortho intramolecular Hbond substituents is 1. The van der Waals surface area contributed by atoms with Crippen molar-refractivity contribution in [2.75, 3.05) is 16.2 Å². The highest BCUT2D eigenvalue weighted by Crippen LogP contribution is 2.30. The van der Waals surface area contributed by atoms with Crippen molar-refractivity contribution in [2.45, 2.75) is 13.0 Å². The summed E-state index contributed by atoms with van der Waals surface area (Å²) in [6, 6.07) is 4.46. The van der Waals surface area contributed by atoms with Crippen molar-refractivity contribution in [1.29, 1.82) is 0 Å². The third-order valence-electron chi connectivity index (χ3n) is 2.99. The maximum atomic E-state index is 12.0. The summed E-state index contributed by atoms with van der Waals surface area (Å²) in [6.45, 7) is 0.595.